The second-order valence-corrected chi connectivity index (χ2v) is 4.62. The monoisotopic (exact) mass is 219 g/mol. The van der Waals surface area contributed by atoms with Gasteiger partial charge in [0.25, 0.3) is 0 Å². The van der Waals surface area contributed by atoms with Gasteiger partial charge in [0.15, 0.2) is 0 Å². The highest BCUT2D eigenvalue weighted by atomic mass is 16.3. The fourth-order valence-corrected chi connectivity index (χ4v) is 2.68. The molecule has 0 radical (unpaired) electrons. The maximum absolute atomic E-state index is 10.4. The molecule has 16 heavy (non-hydrogen) atoms. The first-order valence-corrected chi connectivity index (χ1v) is 6.27. The number of rotatable bonds is 4. The molecule has 0 spiro atoms. The van der Waals surface area contributed by atoms with Gasteiger partial charge in [-0.15, -0.1) is 0 Å². The summed E-state index contributed by atoms with van der Waals surface area (Å²) >= 11 is 0. The van der Waals surface area contributed by atoms with E-state index in [1.165, 1.54) is 11.1 Å². The van der Waals surface area contributed by atoms with Crippen LogP contribution in [0.1, 0.15) is 43.9 Å². The highest BCUT2D eigenvalue weighted by molar-refractivity contribution is 5.34. The smallest absolute Gasteiger partial charge is 0.0762 e. The Morgan fingerprint density at radius 1 is 1.31 bits per heavy atom. The van der Waals surface area contributed by atoms with Gasteiger partial charge >= 0.3 is 0 Å². The molecule has 0 bridgehead atoms. The summed E-state index contributed by atoms with van der Waals surface area (Å²) in [6.07, 6.45) is 1.81. The SMILES string of the molecule is CCC(CC)C(O)C1NCc2ccccc21. The first-order chi connectivity index (χ1) is 7.77. The van der Waals surface area contributed by atoms with Crippen molar-refractivity contribution in [2.75, 3.05) is 0 Å². The Hall–Kier alpha value is -0.860. The summed E-state index contributed by atoms with van der Waals surface area (Å²) in [6, 6.07) is 8.51. The van der Waals surface area contributed by atoms with Gasteiger partial charge in [-0.3, -0.25) is 0 Å². The minimum atomic E-state index is -0.265. The van der Waals surface area contributed by atoms with E-state index in [1.807, 2.05) is 0 Å². The first-order valence-electron chi connectivity index (χ1n) is 6.27. The number of aliphatic hydroxyl groups is 1. The van der Waals surface area contributed by atoms with Crippen LogP contribution in [0.4, 0.5) is 0 Å². The van der Waals surface area contributed by atoms with Crippen molar-refractivity contribution < 1.29 is 5.11 Å². The average Bonchev–Trinajstić information content (AvgIpc) is 2.74. The molecule has 0 saturated carbocycles. The topological polar surface area (TPSA) is 32.3 Å². The van der Waals surface area contributed by atoms with Crippen molar-refractivity contribution in [3.63, 3.8) is 0 Å². The normalized spacial score (nSPS) is 21.1. The van der Waals surface area contributed by atoms with Gasteiger partial charge in [0, 0.05) is 6.54 Å². The first kappa shape index (κ1) is 11.6. The van der Waals surface area contributed by atoms with E-state index >= 15 is 0 Å². The molecule has 2 unspecified atom stereocenters. The molecule has 2 atom stereocenters. The molecule has 1 aliphatic heterocycles. The summed E-state index contributed by atoms with van der Waals surface area (Å²) in [7, 11) is 0. The second-order valence-electron chi connectivity index (χ2n) is 4.62. The maximum Gasteiger partial charge on any atom is 0.0762 e. The largest absolute Gasteiger partial charge is 0.391 e. The van der Waals surface area contributed by atoms with Crippen LogP contribution in [0.3, 0.4) is 0 Å². The Morgan fingerprint density at radius 2 is 2.00 bits per heavy atom. The number of fused-ring (bicyclic) bond motifs is 1. The van der Waals surface area contributed by atoms with Crippen LogP contribution in [0, 0.1) is 5.92 Å². The van der Waals surface area contributed by atoms with Gasteiger partial charge in [-0.25, -0.2) is 0 Å². The molecule has 0 aromatic heterocycles. The minimum absolute atomic E-state index is 0.126. The van der Waals surface area contributed by atoms with Crippen molar-refractivity contribution in [1.29, 1.82) is 0 Å². The molecule has 88 valence electrons. The summed E-state index contributed by atoms with van der Waals surface area (Å²) in [4.78, 5) is 0. The third-order valence-electron chi connectivity index (χ3n) is 3.78. The van der Waals surface area contributed by atoms with E-state index in [-0.39, 0.29) is 12.1 Å². The van der Waals surface area contributed by atoms with Crippen LogP contribution in [-0.4, -0.2) is 11.2 Å². The van der Waals surface area contributed by atoms with E-state index in [9.17, 15) is 5.11 Å². The van der Waals surface area contributed by atoms with Crippen LogP contribution in [-0.2, 0) is 6.54 Å². The number of hydrogen-bond acceptors (Lipinski definition) is 2. The molecule has 1 aromatic rings. The lowest BCUT2D eigenvalue weighted by atomic mass is 9.88. The average molecular weight is 219 g/mol. The van der Waals surface area contributed by atoms with Crippen LogP contribution in [0.5, 0.6) is 0 Å². The lowest BCUT2D eigenvalue weighted by Crippen LogP contribution is -2.32. The molecule has 2 rings (SSSR count). The van der Waals surface area contributed by atoms with Crippen LogP contribution < -0.4 is 5.32 Å². The van der Waals surface area contributed by atoms with Crippen molar-refractivity contribution in [3.05, 3.63) is 35.4 Å². The fourth-order valence-electron chi connectivity index (χ4n) is 2.68. The highest BCUT2D eigenvalue weighted by Gasteiger charge is 2.31. The molecular formula is C14H21NO. The predicted molar refractivity (Wildman–Crippen MR) is 66.1 cm³/mol. The van der Waals surface area contributed by atoms with Crippen molar-refractivity contribution in [3.8, 4) is 0 Å². The van der Waals surface area contributed by atoms with E-state index in [0.29, 0.717) is 5.92 Å². The Bertz CT molecular complexity index is 346. The summed E-state index contributed by atoms with van der Waals surface area (Å²) in [5, 5.41) is 13.8. The molecule has 0 fully saturated rings. The van der Waals surface area contributed by atoms with Gasteiger partial charge < -0.3 is 10.4 Å². The van der Waals surface area contributed by atoms with Crippen LogP contribution in [0.25, 0.3) is 0 Å². The van der Waals surface area contributed by atoms with Gasteiger partial charge in [0.2, 0.25) is 0 Å². The van der Waals surface area contributed by atoms with Gasteiger partial charge in [-0.1, -0.05) is 51.0 Å². The number of aliphatic hydroxyl groups excluding tert-OH is 1. The highest BCUT2D eigenvalue weighted by Crippen LogP contribution is 2.32. The Kier molecular flexibility index (Phi) is 3.62. The third-order valence-corrected chi connectivity index (χ3v) is 3.78. The van der Waals surface area contributed by atoms with Gasteiger partial charge in [-0.05, 0) is 17.0 Å². The molecule has 1 heterocycles. The molecule has 1 aromatic carbocycles. The van der Waals surface area contributed by atoms with Crippen molar-refractivity contribution in [2.24, 2.45) is 5.92 Å². The molecule has 0 aliphatic carbocycles. The molecular weight excluding hydrogens is 198 g/mol. The van der Waals surface area contributed by atoms with E-state index < -0.39 is 0 Å². The van der Waals surface area contributed by atoms with Crippen molar-refractivity contribution in [1.82, 2.24) is 5.32 Å². The maximum atomic E-state index is 10.4. The standard InChI is InChI=1S/C14H21NO/c1-3-10(4-2)14(16)13-12-8-6-5-7-11(12)9-15-13/h5-8,10,13-16H,3-4,9H2,1-2H3. The van der Waals surface area contributed by atoms with Gasteiger partial charge in [0.1, 0.15) is 0 Å². The number of benzene rings is 1. The molecule has 2 N–H and O–H groups in total. The molecule has 0 amide bonds. The number of hydrogen-bond donors (Lipinski definition) is 2. The summed E-state index contributed by atoms with van der Waals surface area (Å²) < 4.78 is 0. The van der Waals surface area contributed by atoms with Crippen LogP contribution in [0.2, 0.25) is 0 Å². The van der Waals surface area contributed by atoms with E-state index in [0.717, 1.165) is 19.4 Å². The molecule has 2 nitrogen and oxygen atoms in total. The minimum Gasteiger partial charge on any atom is -0.391 e. The third kappa shape index (κ3) is 2.00. The number of nitrogens with one attached hydrogen (secondary N) is 1. The van der Waals surface area contributed by atoms with Crippen molar-refractivity contribution >= 4 is 0 Å². The van der Waals surface area contributed by atoms with E-state index in [4.69, 9.17) is 0 Å². The Morgan fingerprint density at radius 3 is 2.69 bits per heavy atom. The van der Waals surface area contributed by atoms with E-state index in [1.54, 1.807) is 0 Å². The zero-order valence-electron chi connectivity index (χ0n) is 10.1. The molecule has 0 saturated heterocycles. The zero-order chi connectivity index (χ0) is 11.5. The Balaban J connectivity index is 2.18. The molecule has 2 heteroatoms. The summed E-state index contributed by atoms with van der Waals surface area (Å²) in [5.41, 5.74) is 2.61. The zero-order valence-corrected chi connectivity index (χ0v) is 10.1. The van der Waals surface area contributed by atoms with Gasteiger partial charge in [-0.2, -0.15) is 0 Å². The van der Waals surface area contributed by atoms with Crippen molar-refractivity contribution in [2.45, 2.75) is 45.4 Å². The van der Waals surface area contributed by atoms with Crippen LogP contribution in [0.15, 0.2) is 24.3 Å². The second kappa shape index (κ2) is 4.98. The summed E-state index contributed by atoms with van der Waals surface area (Å²) in [6.45, 7) is 5.19. The molecule has 1 aliphatic rings. The van der Waals surface area contributed by atoms with Crippen LogP contribution >= 0.6 is 0 Å². The lowest BCUT2D eigenvalue weighted by molar-refractivity contribution is 0.0674. The quantitative estimate of drug-likeness (QED) is 0.816. The predicted octanol–water partition coefficient (Wildman–Crippen LogP) is 2.63. The fraction of sp³-hybridized carbons (Fsp3) is 0.571. The lowest BCUT2D eigenvalue weighted by Gasteiger charge is -2.26. The Labute approximate surface area is 97.7 Å². The summed E-state index contributed by atoms with van der Waals surface area (Å²) in [5.74, 6) is 0.392. The van der Waals surface area contributed by atoms with Gasteiger partial charge in [0.05, 0.1) is 12.1 Å². The van der Waals surface area contributed by atoms with E-state index in [2.05, 4.69) is 43.4 Å².